The van der Waals surface area contributed by atoms with E-state index in [0.717, 1.165) is 4.88 Å². The van der Waals surface area contributed by atoms with Gasteiger partial charge in [-0.1, -0.05) is 35.3 Å². The number of thiophene rings is 1. The Morgan fingerprint density at radius 1 is 1.17 bits per heavy atom. The van der Waals surface area contributed by atoms with Gasteiger partial charge in [0.25, 0.3) is 0 Å². The van der Waals surface area contributed by atoms with Crippen LogP contribution in [0.5, 0.6) is 0 Å². The van der Waals surface area contributed by atoms with Crippen molar-refractivity contribution in [3.05, 3.63) is 50.6 Å². The molecule has 1 aliphatic rings. The predicted molar refractivity (Wildman–Crippen MR) is 117 cm³/mol. The number of amides is 1. The second-order valence-electron chi connectivity index (χ2n) is 6.93. The van der Waals surface area contributed by atoms with Crippen molar-refractivity contribution in [2.45, 2.75) is 17.9 Å². The monoisotopic (exact) mass is 475 g/mol. The number of carbonyl (C=O) groups is 1. The molecule has 0 saturated carbocycles. The third kappa shape index (κ3) is 4.95. The van der Waals surface area contributed by atoms with E-state index in [1.807, 2.05) is 29.3 Å². The third-order valence-corrected chi connectivity index (χ3v) is 9.07. The van der Waals surface area contributed by atoms with Crippen LogP contribution in [0.1, 0.15) is 17.8 Å². The van der Waals surface area contributed by atoms with Gasteiger partial charge < -0.3 is 4.90 Å². The van der Waals surface area contributed by atoms with E-state index in [4.69, 9.17) is 23.2 Å². The number of hydrogen-bond acceptors (Lipinski definition) is 5. The summed E-state index contributed by atoms with van der Waals surface area (Å²) in [6.45, 7) is 3.81. The first-order valence-corrected chi connectivity index (χ1v) is 12.2. The third-order valence-electron chi connectivity index (χ3n) is 5.15. The molecule has 1 saturated heterocycles. The van der Waals surface area contributed by atoms with Crippen LogP contribution in [-0.4, -0.2) is 68.2 Å². The zero-order valence-corrected chi connectivity index (χ0v) is 19.4. The van der Waals surface area contributed by atoms with E-state index in [1.54, 1.807) is 35.4 Å². The first-order valence-electron chi connectivity index (χ1n) is 9.17. The van der Waals surface area contributed by atoms with Crippen molar-refractivity contribution in [3.63, 3.8) is 0 Å². The average Bonchev–Trinajstić information content (AvgIpc) is 3.24. The van der Waals surface area contributed by atoms with Crippen molar-refractivity contribution in [3.8, 4) is 0 Å². The zero-order valence-electron chi connectivity index (χ0n) is 16.2. The Balaban J connectivity index is 1.59. The highest BCUT2D eigenvalue weighted by Gasteiger charge is 2.31. The number of piperazine rings is 1. The molecule has 1 amide bonds. The summed E-state index contributed by atoms with van der Waals surface area (Å²) in [5.41, 5.74) is 0. The quantitative estimate of drug-likeness (QED) is 0.640. The van der Waals surface area contributed by atoms with Gasteiger partial charge in [-0.2, -0.15) is 4.31 Å². The Labute approximate surface area is 185 Å². The van der Waals surface area contributed by atoms with Crippen LogP contribution in [0.4, 0.5) is 0 Å². The van der Waals surface area contributed by atoms with Crippen LogP contribution in [0.25, 0.3) is 0 Å². The van der Waals surface area contributed by atoms with Crippen LogP contribution >= 0.6 is 34.5 Å². The van der Waals surface area contributed by atoms with E-state index in [0.29, 0.717) is 26.2 Å². The van der Waals surface area contributed by atoms with Gasteiger partial charge in [-0.15, -0.1) is 11.3 Å². The average molecular weight is 476 g/mol. The SMILES string of the molecule is CC(c1cccs1)N(C)C(=O)CN1CCN(S(=O)(=O)c2cccc(Cl)c2Cl)CC1. The highest BCUT2D eigenvalue weighted by molar-refractivity contribution is 7.89. The fraction of sp³-hybridized carbons (Fsp3) is 0.421. The molecule has 0 spiro atoms. The minimum Gasteiger partial charge on any atom is -0.337 e. The normalized spacial score (nSPS) is 17.2. The fourth-order valence-corrected chi connectivity index (χ4v) is 6.17. The lowest BCUT2D eigenvalue weighted by atomic mass is 10.2. The van der Waals surface area contributed by atoms with Crippen LogP contribution in [0.2, 0.25) is 10.0 Å². The molecule has 2 aromatic rings. The predicted octanol–water partition coefficient (Wildman–Crippen LogP) is 3.58. The minimum atomic E-state index is -3.73. The number of carbonyl (C=O) groups excluding carboxylic acids is 1. The molecule has 1 aliphatic heterocycles. The Morgan fingerprint density at radius 2 is 1.86 bits per heavy atom. The van der Waals surface area contributed by atoms with Crippen molar-refractivity contribution in [2.75, 3.05) is 39.8 Å². The van der Waals surface area contributed by atoms with Gasteiger partial charge >= 0.3 is 0 Å². The maximum Gasteiger partial charge on any atom is 0.244 e. The lowest BCUT2D eigenvalue weighted by molar-refractivity contribution is -0.133. The summed E-state index contributed by atoms with van der Waals surface area (Å²) in [6.07, 6.45) is 0. The Hall–Kier alpha value is -1.16. The zero-order chi connectivity index (χ0) is 21.2. The molecule has 1 aromatic carbocycles. The van der Waals surface area contributed by atoms with Gasteiger partial charge in [0.2, 0.25) is 15.9 Å². The van der Waals surface area contributed by atoms with Gasteiger partial charge in [-0.25, -0.2) is 8.42 Å². The van der Waals surface area contributed by atoms with E-state index in [9.17, 15) is 13.2 Å². The molecule has 1 fully saturated rings. The number of rotatable bonds is 6. The summed E-state index contributed by atoms with van der Waals surface area (Å²) in [6, 6.07) is 8.58. The van der Waals surface area contributed by atoms with Crippen molar-refractivity contribution in [2.24, 2.45) is 0 Å². The Bertz CT molecular complexity index is 959. The van der Waals surface area contributed by atoms with Crippen LogP contribution < -0.4 is 0 Å². The van der Waals surface area contributed by atoms with Crippen molar-refractivity contribution >= 4 is 50.5 Å². The van der Waals surface area contributed by atoms with Gasteiger partial charge in [-0.05, 0) is 30.5 Å². The Kier molecular flexibility index (Phi) is 7.24. The molecular weight excluding hydrogens is 453 g/mol. The number of halogens is 2. The summed E-state index contributed by atoms with van der Waals surface area (Å²) in [5, 5.41) is 2.24. The lowest BCUT2D eigenvalue weighted by Crippen LogP contribution is -2.51. The minimum absolute atomic E-state index is 0.00846. The molecule has 6 nitrogen and oxygen atoms in total. The molecule has 1 aromatic heterocycles. The van der Waals surface area contributed by atoms with Gasteiger partial charge in [0.15, 0.2) is 0 Å². The van der Waals surface area contributed by atoms with Crippen LogP contribution in [0.15, 0.2) is 40.6 Å². The Morgan fingerprint density at radius 3 is 2.48 bits per heavy atom. The summed E-state index contributed by atoms with van der Waals surface area (Å²) >= 11 is 13.7. The molecule has 0 aliphatic carbocycles. The van der Waals surface area contributed by atoms with E-state index >= 15 is 0 Å². The van der Waals surface area contributed by atoms with Gasteiger partial charge in [-0.3, -0.25) is 9.69 Å². The molecule has 2 heterocycles. The molecule has 0 radical (unpaired) electrons. The molecular formula is C19H23Cl2N3O3S2. The maximum atomic E-state index is 12.9. The standard InChI is InChI=1S/C19H23Cl2N3O3S2/c1-14(16-6-4-12-28-16)22(2)18(25)13-23-8-10-24(11-9-23)29(26,27)17-7-3-5-15(20)19(17)21/h3-7,12,14H,8-11,13H2,1-2H3. The molecule has 1 atom stereocenters. The number of nitrogens with zero attached hydrogens (tertiary/aromatic N) is 3. The first-order chi connectivity index (χ1) is 13.7. The van der Waals surface area contributed by atoms with Crippen LogP contribution in [0, 0.1) is 0 Å². The molecule has 10 heteroatoms. The largest absolute Gasteiger partial charge is 0.337 e. The number of likely N-dealkylation sites (N-methyl/N-ethyl adjacent to an activating group) is 1. The van der Waals surface area contributed by atoms with Crippen LogP contribution in [-0.2, 0) is 14.8 Å². The molecule has 0 bridgehead atoms. The highest BCUT2D eigenvalue weighted by Crippen LogP contribution is 2.31. The van der Waals surface area contributed by atoms with E-state index in [-0.39, 0.29) is 33.4 Å². The topological polar surface area (TPSA) is 60.9 Å². The lowest BCUT2D eigenvalue weighted by Gasteiger charge is -2.35. The van der Waals surface area contributed by atoms with Crippen LogP contribution in [0.3, 0.4) is 0 Å². The molecule has 1 unspecified atom stereocenters. The summed E-state index contributed by atoms with van der Waals surface area (Å²) in [5.74, 6) is 0.0140. The molecule has 0 N–H and O–H groups in total. The van der Waals surface area contributed by atoms with E-state index < -0.39 is 10.0 Å². The summed E-state index contributed by atoms with van der Waals surface area (Å²) in [4.78, 5) is 17.5. The maximum absolute atomic E-state index is 12.9. The number of benzene rings is 1. The second kappa shape index (κ2) is 9.32. The smallest absolute Gasteiger partial charge is 0.244 e. The van der Waals surface area contributed by atoms with E-state index in [1.165, 1.54) is 10.4 Å². The van der Waals surface area contributed by atoms with Crippen molar-refractivity contribution in [1.29, 1.82) is 0 Å². The molecule has 3 rings (SSSR count). The van der Waals surface area contributed by atoms with Gasteiger partial charge in [0.1, 0.15) is 4.90 Å². The van der Waals surface area contributed by atoms with Crippen molar-refractivity contribution < 1.29 is 13.2 Å². The number of hydrogen-bond donors (Lipinski definition) is 0. The number of sulfonamides is 1. The van der Waals surface area contributed by atoms with E-state index in [2.05, 4.69) is 0 Å². The second-order valence-corrected chi connectivity index (χ2v) is 10.6. The van der Waals surface area contributed by atoms with Gasteiger partial charge in [0, 0.05) is 38.1 Å². The highest BCUT2D eigenvalue weighted by atomic mass is 35.5. The van der Waals surface area contributed by atoms with Crippen molar-refractivity contribution in [1.82, 2.24) is 14.1 Å². The summed E-state index contributed by atoms with van der Waals surface area (Å²) in [7, 11) is -1.93. The molecule has 29 heavy (non-hydrogen) atoms. The molecule has 158 valence electrons. The summed E-state index contributed by atoms with van der Waals surface area (Å²) < 4.78 is 27.2. The fourth-order valence-electron chi connectivity index (χ4n) is 3.19. The van der Waals surface area contributed by atoms with Gasteiger partial charge in [0.05, 0.1) is 22.6 Å². The first kappa shape index (κ1) is 22.5.